The zero-order valence-corrected chi connectivity index (χ0v) is 20.3. The van der Waals surface area contributed by atoms with Gasteiger partial charge in [-0.2, -0.15) is 26.3 Å². The first kappa shape index (κ1) is 29.8. The minimum atomic E-state index is -4.47. The molecular weight excluding hydrogens is 538 g/mol. The van der Waals surface area contributed by atoms with Gasteiger partial charge in [0.25, 0.3) is 5.82 Å². The third-order valence-electron chi connectivity index (χ3n) is 4.50. The van der Waals surface area contributed by atoms with E-state index in [1.807, 2.05) is 0 Å². The van der Waals surface area contributed by atoms with Gasteiger partial charge >= 0.3 is 12.4 Å². The van der Waals surface area contributed by atoms with E-state index >= 15 is 0 Å². The Morgan fingerprint density at radius 1 is 0.711 bits per heavy atom. The molecule has 0 bridgehead atoms. The van der Waals surface area contributed by atoms with Crippen molar-refractivity contribution < 1.29 is 26.3 Å². The molecule has 0 saturated carbocycles. The Labute approximate surface area is 218 Å². The van der Waals surface area contributed by atoms with Crippen LogP contribution in [-0.2, 0) is 12.4 Å². The molecule has 0 radical (unpaired) electrons. The number of rotatable bonds is 2. The van der Waals surface area contributed by atoms with Gasteiger partial charge in [-0.3, -0.25) is 9.97 Å². The van der Waals surface area contributed by atoms with Gasteiger partial charge in [0.05, 0.1) is 11.4 Å². The number of nitrogens with two attached hydrogens (primary N) is 1. The highest BCUT2D eigenvalue weighted by molar-refractivity contribution is 5.85. The fraction of sp³-hybridized carbons (Fsp3) is 0.174. The van der Waals surface area contributed by atoms with Crippen LogP contribution in [0.3, 0.4) is 0 Å². The van der Waals surface area contributed by atoms with E-state index in [1.165, 1.54) is 24.3 Å². The average Bonchev–Trinajstić information content (AvgIpc) is 2.82. The van der Waals surface area contributed by atoms with Crippen LogP contribution in [0.4, 0.5) is 38.0 Å². The van der Waals surface area contributed by atoms with Crippen molar-refractivity contribution in [2.45, 2.75) is 26.2 Å². The van der Waals surface area contributed by atoms with Gasteiger partial charge in [0.2, 0.25) is 5.82 Å². The highest BCUT2D eigenvalue weighted by Gasteiger charge is 2.32. The van der Waals surface area contributed by atoms with Crippen molar-refractivity contribution in [3.63, 3.8) is 0 Å². The van der Waals surface area contributed by atoms with Gasteiger partial charge in [0.15, 0.2) is 0 Å². The van der Waals surface area contributed by atoms with Crippen molar-refractivity contribution >= 4 is 24.0 Å². The standard InChI is InChI=1S/C12H7F3N4.C11H9F3N4.ClH/c1-7-18-9(5-11(16-2)19-7)8-3-4-10(17-6-8)12(13,14)15;1-6-17-8(4-10(15)18-6)7-2-3-9(16-5-7)11(12,13)14;/h3-6H,1H3;2-5H,1H3,(H2,15,17,18);1H. The third-order valence-corrected chi connectivity index (χ3v) is 4.50. The first-order valence-electron chi connectivity index (χ1n) is 10.2. The molecule has 4 aromatic rings. The minimum absolute atomic E-state index is 0. The van der Waals surface area contributed by atoms with Crippen molar-refractivity contribution in [3.8, 4) is 22.5 Å². The molecule has 198 valence electrons. The van der Waals surface area contributed by atoms with Crippen LogP contribution in [0.2, 0.25) is 0 Å². The second-order valence-electron chi connectivity index (χ2n) is 7.36. The molecule has 0 amide bonds. The van der Waals surface area contributed by atoms with E-state index in [2.05, 4.69) is 34.7 Å². The number of hydrogen-bond donors (Lipinski definition) is 1. The van der Waals surface area contributed by atoms with Crippen molar-refractivity contribution in [3.05, 3.63) is 83.2 Å². The van der Waals surface area contributed by atoms with Crippen molar-refractivity contribution in [1.29, 1.82) is 0 Å². The molecule has 0 saturated heterocycles. The summed E-state index contributed by atoms with van der Waals surface area (Å²) in [6, 6.07) is 7.25. The number of hydrogen-bond acceptors (Lipinski definition) is 7. The summed E-state index contributed by atoms with van der Waals surface area (Å²) in [7, 11) is 0. The Bertz CT molecular complexity index is 1410. The van der Waals surface area contributed by atoms with Crippen LogP contribution in [0.15, 0.2) is 48.8 Å². The fourth-order valence-corrected chi connectivity index (χ4v) is 2.92. The van der Waals surface area contributed by atoms with E-state index in [0.717, 1.165) is 24.5 Å². The smallest absolute Gasteiger partial charge is 0.384 e. The van der Waals surface area contributed by atoms with Crippen LogP contribution >= 0.6 is 12.4 Å². The Morgan fingerprint density at radius 3 is 1.53 bits per heavy atom. The largest absolute Gasteiger partial charge is 0.433 e. The third kappa shape index (κ3) is 7.81. The van der Waals surface area contributed by atoms with E-state index in [-0.39, 0.29) is 24.0 Å². The predicted octanol–water partition coefficient (Wildman–Crippen LogP) is 6.29. The number of alkyl halides is 6. The van der Waals surface area contributed by atoms with Crippen LogP contribution in [0.1, 0.15) is 23.0 Å². The van der Waals surface area contributed by atoms with Gasteiger partial charge in [-0.05, 0) is 37.3 Å². The average molecular weight is 555 g/mol. The summed E-state index contributed by atoms with van der Waals surface area (Å²) in [5.41, 5.74) is 5.32. The Morgan fingerprint density at radius 2 is 1.16 bits per heavy atom. The maximum absolute atomic E-state index is 12.4. The quantitative estimate of drug-likeness (QED) is 0.229. The van der Waals surface area contributed by atoms with Gasteiger partial charge in [-0.25, -0.2) is 15.0 Å². The first-order valence-corrected chi connectivity index (χ1v) is 10.2. The highest BCUT2D eigenvalue weighted by Crippen LogP contribution is 2.30. The molecule has 0 aliphatic carbocycles. The summed E-state index contributed by atoms with van der Waals surface area (Å²) in [6.45, 7) is 10.1. The van der Waals surface area contributed by atoms with Gasteiger partial charge in [0.1, 0.15) is 23.0 Å². The molecule has 0 unspecified atom stereocenters. The summed E-state index contributed by atoms with van der Waals surface area (Å²) >= 11 is 0. The minimum Gasteiger partial charge on any atom is -0.384 e. The predicted molar refractivity (Wildman–Crippen MR) is 128 cm³/mol. The molecule has 0 spiro atoms. The molecule has 0 aliphatic rings. The number of nitrogens with zero attached hydrogens (tertiary/aromatic N) is 7. The number of pyridine rings is 2. The van der Waals surface area contributed by atoms with E-state index in [0.29, 0.717) is 34.2 Å². The molecule has 4 heterocycles. The zero-order chi connectivity index (χ0) is 27.4. The van der Waals surface area contributed by atoms with Crippen molar-refractivity contribution in [1.82, 2.24) is 29.9 Å². The monoisotopic (exact) mass is 554 g/mol. The molecule has 0 fully saturated rings. The number of nitrogen functional groups attached to an aromatic ring is 1. The van der Waals surface area contributed by atoms with E-state index < -0.39 is 23.7 Å². The van der Waals surface area contributed by atoms with Crippen molar-refractivity contribution in [2.75, 3.05) is 5.73 Å². The second kappa shape index (κ2) is 11.8. The second-order valence-corrected chi connectivity index (χ2v) is 7.36. The van der Waals surface area contributed by atoms with Gasteiger partial charge < -0.3 is 10.6 Å². The molecule has 0 atom stereocenters. The number of anilines is 1. The summed E-state index contributed by atoms with van der Waals surface area (Å²) < 4.78 is 74.2. The van der Waals surface area contributed by atoms with Crippen LogP contribution in [0.25, 0.3) is 27.4 Å². The van der Waals surface area contributed by atoms with E-state index in [4.69, 9.17) is 12.3 Å². The first-order chi connectivity index (χ1) is 17.3. The number of aryl methyl sites for hydroxylation is 2. The highest BCUT2D eigenvalue weighted by atomic mass is 35.5. The van der Waals surface area contributed by atoms with Gasteiger partial charge in [-0.15, -0.1) is 17.4 Å². The molecule has 0 aliphatic heterocycles. The van der Waals surface area contributed by atoms with Crippen LogP contribution in [0.5, 0.6) is 0 Å². The van der Waals surface area contributed by atoms with Gasteiger partial charge in [0, 0.05) is 36.5 Å². The molecule has 0 aromatic carbocycles. The maximum Gasteiger partial charge on any atom is 0.433 e. The number of halogens is 7. The topological polar surface area (TPSA) is 108 Å². The SMILES string of the molecule is Cc1nc(N)cc(-c2ccc(C(F)(F)F)nc2)n1.Cl.[C-]#[N+]c1cc(-c2ccc(C(F)(F)F)nc2)nc(C)n1. The lowest BCUT2D eigenvalue weighted by Crippen LogP contribution is -2.07. The molecule has 38 heavy (non-hydrogen) atoms. The number of aromatic nitrogens is 6. The normalized spacial score (nSPS) is 11.0. The van der Waals surface area contributed by atoms with Crippen LogP contribution < -0.4 is 5.73 Å². The molecule has 4 rings (SSSR count). The Kier molecular flexibility index (Phi) is 9.25. The van der Waals surface area contributed by atoms with Crippen molar-refractivity contribution in [2.24, 2.45) is 0 Å². The maximum atomic E-state index is 12.4. The lowest BCUT2D eigenvalue weighted by molar-refractivity contribution is -0.141. The van der Waals surface area contributed by atoms with Gasteiger partial charge in [-0.1, -0.05) is 6.57 Å². The molecule has 8 nitrogen and oxygen atoms in total. The summed E-state index contributed by atoms with van der Waals surface area (Å²) in [5, 5.41) is 0. The zero-order valence-electron chi connectivity index (χ0n) is 19.5. The van der Waals surface area contributed by atoms with Crippen LogP contribution in [0, 0.1) is 20.4 Å². The Balaban J connectivity index is 0.000000260. The van der Waals surface area contributed by atoms with E-state index in [9.17, 15) is 26.3 Å². The summed E-state index contributed by atoms with van der Waals surface area (Å²) in [6.07, 6.45) is -6.72. The summed E-state index contributed by atoms with van der Waals surface area (Å²) in [5.74, 6) is 1.23. The Hall–Kier alpha value is -4.38. The lowest BCUT2D eigenvalue weighted by atomic mass is 10.2. The lowest BCUT2D eigenvalue weighted by Gasteiger charge is -2.07. The van der Waals surface area contributed by atoms with Crippen LogP contribution in [-0.4, -0.2) is 29.9 Å². The van der Waals surface area contributed by atoms with E-state index in [1.54, 1.807) is 13.8 Å². The molecule has 4 aromatic heterocycles. The summed E-state index contributed by atoms with van der Waals surface area (Å²) in [4.78, 5) is 25.8. The molecule has 15 heteroatoms. The fourth-order valence-electron chi connectivity index (χ4n) is 2.92. The molecular formula is C23H17ClF6N8. The molecule has 2 N–H and O–H groups in total.